The van der Waals surface area contributed by atoms with Crippen LogP contribution in [0.15, 0.2) is 18.2 Å². The lowest BCUT2D eigenvalue weighted by molar-refractivity contribution is -0.117. The fourth-order valence-electron chi connectivity index (χ4n) is 2.37. The van der Waals surface area contributed by atoms with Crippen LogP contribution < -0.4 is 0 Å². The van der Waals surface area contributed by atoms with Gasteiger partial charge >= 0.3 is 0 Å². The highest BCUT2D eigenvalue weighted by atomic mass is 16.3. The van der Waals surface area contributed by atoms with E-state index in [-0.39, 0.29) is 16.6 Å². The van der Waals surface area contributed by atoms with Crippen molar-refractivity contribution >= 4 is 11.9 Å². The summed E-state index contributed by atoms with van der Waals surface area (Å²) in [5.41, 5.74) is 2.67. The van der Waals surface area contributed by atoms with Crippen LogP contribution in [0.4, 0.5) is 0 Å². The molecule has 1 aromatic carbocycles. The zero-order valence-corrected chi connectivity index (χ0v) is 15.1. The van der Waals surface area contributed by atoms with Crippen molar-refractivity contribution in [3.8, 4) is 5.75 Å². The molecule has 0 saturated carbocycles. The summed E-state index contributed by atoms with van der Waals surface area (Å²) < 4.78 is 0. The van der Waals surface area contributed by atoms with Crippen LogP contribution in [0.2, 0.25) is 0 Å². The van der Waals surface area contributed by atoms with Crippen LogP contribution in [0.1, 0.15) is 78.0 Å². The molecule has 0 aromatic heterocycles. The fourth-order valence-corrected chi connectivity index (χ4v) is 2.37. The summed E-state index contributed by atoms with van der Waals surface area (Å²) in [6, 6.07) is 4.05. The minimum atomic E-state index is -0.132. The van der Waals surface area contributed by atoms with Crippen molar-refractivity contribution in [3.63, 3.8) is 0 Å². The van der Waals surface area contributed by atoms with E-state index in [9.17, 15) is 9.90 Å². The quantitative estimate of drug-likeness (QED) is 0.812. The van der Waals surface area contributed by atoms with Gasteiger partial charge in [0.15, 0.2) is 0 Å². The number of hydrogen-bond acceptors (Lipinski definition) is 2. The Balaban J connectivity index is 3.33. The topological polar surface area (TPSA) is 37.3 Å². The third-order valence-corrected chi connectivity index (χ3v) is 3.80. The predicted octanol–water partition coefficient (Wildman–Crippen LogP) is 5.37. The second-order valence-corrected chi connectivity index (χ2v) is 7.96. The van der Waals surface area contributed by atoms with E-state index in [2.05, 4.69) is 41.5 Å². The third kappa shape index (κ3) is 4.72. The van der Waals surface area contributed by atoms with Crippen LogP contribution in [-0.2, 0) is 15.6 Å². The number of allylic oxidation sites excluding steroid dienone is 1. The predicted molar refractivity (Wildman–Crippen MR) is 94.5 cm³/mol. The van der Waals surface area contributed by atoms with Gasteiger partial charge in [0, 0.05) is 24.0 Å². The molecule has 122 valence electrons. The van der Waals surface area contributed by atoms with Gasteiger partial charge in [-0.1, -0.05) is 60.6 Å². The molecule has 0 amide bonds. The highest BCUT2D eigenvalue weighted by Crippen LogP contribution is 2.39. The summed E-state index contributed by atoms with van der Waals surface area (Å²) in [6.07, 6.45) is 4.93. The van der Waals surface area contributed by atoms with Crippen LogP contribution in [0, 0.1) is 0 Å². The van der Waals surface area contributed by atoms with Gasteiger partial charge in [0.25, 0.3) is 0 Å². The number of phenolic OH excluding ortho intramolecular Hbond substituents is 1. The molecule has 0 bridgehead atoms. The summed E-state index contributed by atoms with van der Waals surface area (Å²) in [7, 11) is 0. The molecule has 2 nitrogen and oxygen atoms in total. The Hall–Kier alpha value is -1.57. The minimum absolute atomic E-state index is 0.132. The van der Waals surface area contributed by atoms with Crippen molar-refractivity contribution < 1.29 is 9.90 Å². The van der Waals surface area contributed by atoms with Gasteiger partial charge in [-0.3, -0.25) is 4.79 Å². The van der Waals surface area contributed by atoms with Crippen molar-refractivity contribution in [3.05, 3.63) is 34.9 Å². The van der Waals surface area contributed by atoms with Gasteiger partial charge in [-0.2, -0.15) is 0 Å². The zero-order chi connectivity index (χ0) is 17.1. The lowest BCUT2D eigenvalue weighted by Crippen LogP contribution is -2.17. The molecule has 1 N–H and O–H groups in total. The Bertz CT molecular complexity index is 531. The molecule has 0 spiro atoms. The number of Topliss-reactive ketones (excluding diaryl/α,β-unsaturated/α-hetero) is 1. The van der Waals surface area contributed by atoms with E-state index in [4.69, 9.17) is 0 Å². The van der Waals surface area contributed by atoms with Crippen molar-refractivity contribution in [2.75, 3.05) is 0 Å². The average Bonchev–Trinajstić information content (AvgIpc) is 2.37. The van der Waals surface area contributed by atoms with Gasteiger partial charge in [-0.15, -0.1) is 0 Å². The normalized spacial score (nSPS) is 12.9. The molecule has 22 heavy (non-hydrogen) atoms. The number of phenols is 1. The van der Waals surface area contributed by atoms with E-state index < -0.39 is 0 Å². The molecule has 0 heterocycles. The van der Waals surface area contributed by atoms with Gasteiger partial charge in [0.05, 0.1) is 0 Å². The van der Waals surface area contributed by atoms with Gasteiger partial charge in [0.1, 0.15) is 11.5 Å². The molecule has 1 aromatic rings. The van der Waals surface area contributed by atoms with Crippen LogP contribution >= 0.6 is 0 Å². The molecular weight excluding hydrogens is 272 g/mol. The molecule has 0 fully saturated rings. The Kier molecular flexibility index (Phi) is 5.61. The van der Waals surface area contributed by atoms with Crippen molar-refractivity contribution in [2.24, 2.45) is 0 Å². The summed E-state index contributed by atoms with van der Waals surface area (Å²) in [6.45, 7) is 14.5. The molecule has 0 saturated heterocycles. The van der Waals surface area contributed by atoms with Crippen molar-refractivity contribution in [1.82, 2.24) is 0 Å². The first-order valence-corrected chi connectivity index (χ1v) is 8.03. The van der Waals surface area contributed by atoms with Gasteiger partial charge in [0.2, 0.25) is 0 Å². The molecule has 0 aliphatic carbocycles. The molecule has 2 heteroatoms. The molecule has 0 atom stereocenters. The van der Waals surface area contributed by atoms with Crippen LogP contribution in [0.25, 0.3) is 6.08 Å². The van der Waals surface area contributed by atoms with Gasteiger partial charge < -0.3 is 5.11 Å². The molecule has 1 rings (SSSR count). The first kappa shape index (κ1) is 18.5. The van der Waals surface area contributed by atoms with E-state index in [1.807, 2.05) is 31.2 Å². The number of benzene rings is 1. The maximum Gasteiger partial charge on any atom is 0.136 e. The average molecular weight is 302 g/mol. The summed E-state index contributed by atoms with van der Waals surface area (Å²) in [5, 5.41) is 10.7. The maximum atomic E-state index is 11.4. The van der Waals surface area contributed by atoms with Crippen molar-refractivity contribution in [1.29, 1.82) is 0 Å². The second kappa shape index (κ2) is 6.68. The largest absolute Gasteiger partial charge is 0.507 e. The summed E-state index contributed by atoms with van der Waals surface area (Å²) in [5.74, 6) is 0.629. The Morgan fingerprint density at radius 2 is 1.50 bits per heavy atom. The lowest BCUT2D eigenvalue weighted by atomic mass is 9.78. The third-order valence-electron chi connectivity index (χ3n) is 3.80. The number of carbonyl (C=O) groups is 1. The SMILES string of the molecule is CCC(=O)CC=Cc1cc(C(C)(C)C)c(O)c(C(C)(C)C)c1. The van der Waals surface area contributed by atoms with Gasteiger partial charge in [-0.05, 0) is 28.5 Å². The Morgan fingerprint density at radius 1 is 1.05 bits per heavy atom. The van der Waals surface area contributed by atoms with E-state index >= 15 is 0 Å². The lowest BCUT2D eigenvalue weighted by Gasteiger charge is -2.27. The zero-order valence-electron chi connectivity index (χ0n) is 15.1. The number of hydrogen-bond donors (Lipinski definition) is 1. The number of rotatable bonds is 4. The molecule has 0 aliphatic rings. The van der Waals surface area contributed by atoms with Gasteiger partial charge in [-0.25, -0.2) is 0 Å². The monoisotopic (exact) mass is 302 g/mol. The highest BCUT2D eigenvalue weighted by Gasteiger charge is 2.26. The first-order valence-electron chi connectivity index (χ1n) is 8.03. The highest BCUT2D eigenvalue weighted by molar-refractivity contribution is 5.80. The second-order valence-electron chi connectivity index (χ2n) is 7.96. The van der Waals surface area contributed by atoms with E-state index in [1.54, 1.807) is 0 Å². The molecular formula is C20H30O2. The van der Waals surface area contributed by atoms with Crippen LogP contribution in [0.3, 0.4) is 0 Å². The Morgan fingerprint density at radius 3 is 1.86 bits per heavy atom. The number of aromatic hydroxyl groups is 1. The smallest absolute Gasteiger partial charge is 0.136 e. The molecule has 0 unspecified atom stereocenters. The molecule has 0 aliphatic heterocycles. The van der Waals surface area contributed by atoms with Crippen molar-refractivity contribution in [2.45, 2.75) is 72.1 Å². The molecule has 0 radical (unpaired) electrons. The minimum Gasteiger partial charge on any atom is -0.507 e. The van der Waals surface area contributed by atoms with E-state index in [1.165, 1.54) is 0 Å². The fraction of sp³-hybridized carbons (Fsp3) is 0.550. The Labute approximate surface area is 135 Å². The standard InChI is InChI=1S/C20H30O2/c1-8-15(21)11-9-10-14-12-16(19(2,3)4)18(22)17(13-14)20(5,6)7/h9-10,12-13,22H,8,11H2,1-7H3. The number of carbonyl (C=O) groups excluding carboxylic acids is 1. The van der Waals surface area contributed by atoms with E-state index in [0.717, 1.165) is 16.7 Å². The van der Waals surface area contributed by atoms with Crippen LogP contribution in [-0.4, -0.2) is 10.9 Å². The summed E-state index contributed by atoms with van der Waals surface area (Å²) in [4.78, 5) is 11.4. The maximum absolute atomic E-state index is 11.4. The van der Waals surface area contributed by atoms with E-state index in [0.29, 0.717) is 18.6 Å². The summed E-state index contributed by atoms with van der Waals surface area (Å²) >= 11 is 0. The number of ketones is 1. The van der Waals surface area contributed by atoms with Crippen LogP contribution in [0.5, 0.6) is 5.75 Å². The first-order chi connectivity index (χ1) is 9.96.